The zero-order chi connectivity index (χ0) is 56.0. The van der Waals surface area contributed by atoms with Crippen molar-refractivity contribution in [3.8, 4) is 78.6 Å². The zero-order valence-corrected chi connectivity index (χ0v) is 40.0. The first-order chi connectivity index (χ1) is 36.1. The highest BCUT2D eigenvalue weighted by Gasteiger charge is 2.28. The summed E-state index contributed by atoms with van der Waals surface area (Å²) in [6, 6.07) is 37.0. The van der Waals surface area contributed by atoms with Gasteiger partial charge in [0.25, 0.3) is 0 Å². The molecule has 9 rings (SSSR count). The van der Waals surface area contributed by atoms with Gasteiger partial charge in [-0.25, -0.2) is 4.98 Å². The van der Waals surface area contributed by atoms with Gasteiger partial charge >= 0.3 is 0 Å². The molecule has 0 aliphatic heterocycles. The molecule has 4 heteroatoms. The van der Waals surface area contributed by atoms with Crippen LogP contribution in [-0.4, -0.2) is 19.6 Å². The minimum absolute atomic E-state index is 0.0172. The number of para-hydroxylation sites is 1. The molecule has 0 radical (unpaired) electrons. The number of hydrogen-bond donors (Lipinski definition) is 1. The van der Waals surface area contributed by atoms with E-state index in [9.17, 15) is 6.48 Å². The van der Waals surface area contributed by atoms with Crippen LogP contribution in [0, 0.1) is 6.85 Å². The predicted molar refractivity (Wildman–Crippen MR) is 283 cm³/mol. The molecule has 0 bridgehead atoms. The molecule has 0 spiro atoms. The van der Waals surface area contributed by atoms with Crippen molar-refractivity contribution in [1.29, 1.82) is 0 Å². The minimum Gasteiger partial charge on any atom is -0.507 e. The summed E-state index contributed by atoms with van der Waals surface area (Å²) in [4.78, 5) is 10.1. The lowest BCUT2D eigenvalue weighted by Crippen LogP contribution is -2.14. The Kier molecular flexibility index (Phi) is 9.03. The average molecular weight is 888 g/mol. The van der Waals surface area contributed by atoms with Crippen LogP contribution in [-0.2, 0) is 10.8 Å². The van der Waals surface area contributed by atoms with E-state index in [0.29, 0.717) is 33.6 Å². The molecule has 0 fully saturated rings. The van der Waals surface area contributed by atoms with Crippen molar-refractivity contribution in [2.45, 2.75) is 98.8 Å². The molecule has 67 heavy (non-hydrogen) atoms. The quantitative estimate of drug-likeness (QED) is 0.157. The van der Waals surface area contributed by atoms with E-state index in [4.69, 9.17) is 17.3 Å². The van der Waals surface area contributed by atoms with E-state index in [2.05, 4.69) is 127 Å². The molecule has 2 heterocycles. The van der Waals surface area contributed by atoms with E-state index in [1.807, 2.05) is 72.8 Å². The molecular formula is C63H63N3O. The lowest BCUT2D eigenvalue weighted by molar-refractivity contribution is 0.466. The molecule has 0 unspecified atom stereocenters. The van der Waals surface area contributed by atoms with E-state index >= 15 is 0 Å². The molecule has 2 aromatic heterocycles. The summed E-state index contributed by atoms with van der Waals surface area (Å²) >= 11 is 0. The number of benzene rings is 7. The lowest BCUT2D eigenvalue weighted by atomic mass is 9.79. The van der Waals surface area contributed by atoms with Gasteiger partial charge < -0.3 is 5.11 Å². The third-order valence-corrected chi connectivity index (χ3v) is 12.6. The number of phenols is 1. The Hall–Kier alpha value is -7.04. The lowest BCUT2D eigenvalue weighted by Gasteiger charge is -2.27. The molecule has 0 aliphatic carbocycles. The molecule has 0 aliphatic rings. The number of nitrogens with zero attached hydrogens (tertiary/aromatic N) is 3. The van der Waals surface area contributed by atoms with Crippen LogP contribution in [0.5, 0.6) is 5.75 Å². The third kappa shape index (κ3) is 8.86. The number of phenolic OH excluding ortho intramolecular Hbond substituents is 1. The maximum absolute atomic E-state index is 12.6. The normalized spacial score (nSPS) is 14.4. The van der Waals surface area contributed by atoms with Gasteiger partial charge in [-0.15, -0.1) is 0 Å². The van der Waals surface area contributed by atoms with Crippen molar-refractivity contribution in [2.75, 3.05) is 0 Å². The molecule has 336 valence electrons. The Morgan fingerprint density at radius 3 is 1.88 bits per heavy atom. The van der Waals surface area contributed by atoms with Crippen LogP contribution in [0.4, 0.5) is 0 Å². The summed E-state index contributed by atoms with van der Waals surface area (Å²) in [5, 5.41) is 12.6. The number of hydrogen-bond acceptors (Lipinski definition) is 3. The van der Waals surface area contributed by atoms with Crippen LogP contribution in [0.1, 0.15) is 123 Å². The molecule has 0 saturated carbocycles. The molecule has 0 amide bonds. The average Bonchev–Trinajstić information content (AvgIpc) is 3.78. The van der Waals surface area contributed by atoms with E-state index in [1.54, 1.807) is 0 Å². The maximum Gasteiger partial charge on any atom is 0.149 e. The van der Waals surface area contributed by atoms with E-state index in [0.717, 1.165) is 55.7 Å². The van der Waals surface area contributed by atoms with E-state index in [-0.39, 0.29) is 34.3 Å². The Morgan fingerprint density at radius 1 is 0.582 bits per heavy atom. The van der Waals surface area contributed by atoms with E-state index < -0.39 is 65.8 Å². The summed E-state index contributed by atoms with van der Waals surface area (Å²) in [5.74, 6) is 0.765. The Labute approximate surface area is 412 Å². The molecular weight excluding hydrogens is 815 g/mol. The summed E-state index contributed by atoms with van der Waals surface area (Å²) in [6.07, 6.45) is -0.568. The molecule has 9 aromatic rings. The highest BCUT2D eigenvalue weighted by molar-refractivity contribution is 5.98. The summed E-state index contributed by atoms with van der Waals surface area (Å²) in [6.45, 7) is 18.3. The van der Waals surface area contributed by atoms with Gasteiger partial charge in [-0.05, 0) is 134 Å². The molecule has 0 atom stereocenters. The fourth-order valence-corrected chi connectivity index (χ4v) is 8.85. The number of aromatic nitrogens is 3. The smallest absolute Gasteiger partial charge is 0.149 e. The van der Waals surface area contributed by atoms with Crippen molar-refractivity contribution in [3.05, 3.63) is 192 Å². The standard InChI is InChI=1S/C63H63N3O/c1-39(2)46-34-51(40(3)4)60(67)54(35-46)61-65-59-50(47-31-48(33-49(32-47)62(6,7)8)56-36-45(29-30-64-56)42-27-25-41(5)26-28-42)23-18-24-57(59)66(61)58-38-52(43-19-14-12-15-20-43)55(63(9,10)11)37-53(58)44-21-16-13-17-22-44/h12-40,67H,1-11H3/i5D3,25D,26D,27D,28D,29D,30D,36D. The fraction of sp³-hybridized carbons (Fsp3) is 0.238. The Morgan fingerprint density at radius 2 is 1.25 bits per heavy atom. The van der Waals surface area contributed by atoms with Gasteiger partial charge in [-0.3, -0.25) is 9.55 Å². The first-order valence-electron chi connectivity index (χ1n) is 28.0. The van der Waals surface area contributed by atoms with Gasteiger partial charge in [0.2, 0.25) is 0 Å². The highest BCUT2D eigenvalue weighted by Crippen LogP contribution is 2.47. The first kappa shape index (κ1) is 34.3. The number of aromatic hydroxyl groups is 1. The number of fused-ring (bicyclic) bond motifs is 1. The Bertz CT molecular complexity index is 3760. The second kappa shape index (κ2) is 17.6. The zero-order valence-electron chi connectivity index (χ0n) is 50.0. The van der Waals surface area contributed by atoms with Gasteiger partial charge in [-0.2, -0.15) is 0 Å². The predicted octanol–water partition coefficient (Wildman–Crippen LogP) is 17.3. The van der Waals surface area contributed by atoms with Gasteiger partial charge in [0.05, 0.1) is 37.6 Å². The van der Waals surface area contributed by atoms with Gasteiger partial charge in [0.1, 0.15) is 11.6 Å². The molecule has 1 N–H and O–H groups in total. The number of rotatable bonds is 9. The third-order valence-electron chi connectivity index (χ3n) is 12.6. The minimum atomic E-state index is -2.97. The topological polar surface area (TPSA) is 50.9 Å². The largest absolute Gasteiger partial charge is 0.507 e. The first-order valence-corrected chi connectivity index (χ1v) is 23.0. The van der Waals surface area contributed by atoms with E-state index in [1.165, 1.54) is 0 Å². The second-order valence-electron chi connectivity index (χ2n) is 20.2. The van der Waals surface area contributed by atoms with Crippen LogP contribution in [0.15, 0.2) is 164 Å². The summed E-state index contributed by atoms with van der Waals surface area (Å²) in [5.41, 5.74) is 10.1. The SMILES string of the molecule is [2H]c1nc(-c2cc(-c3cccc4c3nc(-c3cc(C(C)C)cc(C(C)C)c3O)n4-c3cc(-c4ccccc4)c(C(C)(C)C)cc3-c3ccccc3)cc(C(C)(C)C)c2)c([2H])c(-c2c([2H])c([2H])c(C([2H])([2H])[2H])c([2H])c2[2H])c1[2H]. The van der Waals surface area contributed by atoms with Crippen LogP contribution in [0.25, 0.3) is 83.9 Å². The van der Waals surface area contributed by atoms with Crippen LogP contribution in [0.3, 0.4) is 0 Å². The second-order valence-corrected chi connectivity index (χ2v) is 20.2. The van der Waals surface area contributed by atoms with Crippen molar-refractivity contribution >= 4 is 11.0 Å². The van der Waals surface area contributed by atoms with Crippen LogP contribution < -0.4 is 0 Å². The van der Waals surface area contributed by atoms with Crippen LogP contribution in [0.2, 0.25) is 0 Å². The Balaban J connectivity index is 1.40. The summed E-state index contributed by atoms with van der Waals surface area (Å²) < 4.78 is 88.8. The summed E-state index contributed by atoms with van der Waals surface area (Å²) in [7, 11) is 0. The molecule has 4 nitrogen and oxygen atoms in total. The van der Waals surface area contributed by atoms with Crippen molar-refractivity contribution in [3.63, 3.8) is 0 Å². The van der Waals surface area contributed by atoms with Gasteiger partial charge in [-0.1, -0.05) is 184 Å². The van der Waals surface area contributed by atoms with Crippen molar-refractivity contribution in [1.82, 2.24) is 14.5 Å². The number of pyridine rings is 1. The van der Waals surface area contributed by atoms with Gasteiger partial charge in [0.15, 0.2) is 0 Å². The maximum atomic E-state index is 12.6. The highest BCUT2D eigenvalue weighted by atomic mass is 16.3. The van der Waals surface area contributed by atoms with Crippen molar-refractivity contribution in [2.24, 2.45) is 0 Å². The molecule has 0 saturated heterocycles. The monoisotopic (exact) mass is 888 g/mol. The van der Waals surface area contributed by atoms with Crippen LogP contribution >= 0.6 is 0 Å². The fourth-order valence-electron chi connectivity index (χ4n) is 8.85. The van der Waals surface area contributed by atoms with Gasteiger partial charge in [0, 0.05) is 27.0 Å². The number of imidazole rings is 1. The molecule has 7 aromatic carbocycles. The van der Waals surface area contributed by atoms with Crippen molar-refractivity contribution < 1.29 is 18.8 Å².